The summed E-state index contributed by atoms with van der Waals surface area (Å²) < 4.78 is 0. The average molecular weight is 279 g/mol. The molecule has 0 radical (unpaired) electrons. The van der Waals surface area contributed by atoms with Crippen LogP contribution < -0.4 is 10.9 Å². The van der Waals surface area contributed by atoms with Crippen LogP contribution in [0.25, 0.3) is 10.8 Å². The highest BCUT2D eigenvalue weighted by atomic mass is 16.1. The maximum absolute atomic E-state index is 11.6. The van der Waals surface area contributed by atoms with E-state index in [1.54, 1.807) is 0 Å². The van der Waals surface area contributed by atoms with Crippen LogP contribution in [0.15, 0.2) is 53.3 Å². The molecule has 3 rings (SSSR count). The average Bonchev–Trinajstić information content (AvgIpc) is 2.52. The van der Waals surface area contributed by atoms with Gasteiger partial charge in [0.25, 0.3) is 5.56 Å². The van der Waals surface area contributed by atoms with E-state index in [2.05, 4.69) is 39.6 Å². The van der Waals surface area contributed by atoms with Gasteiger partial charge < -0.3 is 10.3 Å². The lowest BCUT2D eigenvalue weighted by atomic mass is 10.0. The fraction of sp³-hybridized carbons (Fsp3) is 0.176. The van der Waals surface area contributed by atoms with Crippen LogP contribution in [0.1, 0.15) is 18.3 Å². The summed E-state index contributed by atoms with van der Waals surface area (Å²) in [6, 6.07) is 16.0. The number of H-pyrrole nitrogens is 1. The first-order valence-electron chi connectivity index (χ1n) is 7.07. The van der Waals surface area contributed by atoms with E-state index in [1.165, 1.54) is 22.4 Å². The van der Waals surface area contributed by atoms with Gasteiger partial charge in [-0.15, -0.1) is 0 Å². The van der Waals surface area contributed by atoms with E-state index >= 15 is 0 Å². The molecule has 2 N–H and O–H groups in total. The molecule has 0 aliphatic rings. The third-order valence-corrected chi connectivity index (χ3v) is 3.47. The third kappa shape index (κ3) is 2.94. The van der Waals surface area contributed by atoms with Gasteiger partial charge in [0, 0.05) is 19.0 Å². The molecule has 0 bridgehead atoms. The van der Waals surface area contributed by atoms with Crippen LogP contribution >= 0.6 is 0 Å². The van der Waals surface area contributed by atoms with Gasteiger partial charge in [-0.2, -0.15) is 0 Å². The van der Waals surface area contributed by atoms with Gasteiger partial charge in [0.1, 0.15) is 11.6 Å². The van der Waals surface area contributed by atoms with Crippen molar-refractivity contribution in [3.63, 3.8) is 0 Å². The second-order valence-corrected chi connectivity index (χ2v) is 4.92. The lowest BCUT2D eigenvalue weighted by molar-refractivity contribution is 0.915. The van der Waals surface area contributed by atoms with Crippen LogP contribution in [0, 0.1) is 0 Å². The smallest absolute Gasteiger partial charge is 0.252 e. The highest BCUT2D eigenvalue weighted by Crippen LogP contribution is 2.19. The van der Waals surface area contributed by atoms with Crippen molar-refractivity contribution in [1.29, 1.82) is 0 Å². The maximum Gasteiger partial charge on any atom is 0.252 e. The molecule has 1 heterocycles. The Morgan fingerprint density at radius 1 is 1.14 bits per heavy atom. The summed E-state index contributed by atoms with van der Waals surface area (Å²) in [5, 5.41) is 5.67. The van der Waals surface area contributed by atoms with Crippen molar-refractivity contribution in [2.24, 2.45) is 0 Å². The molecule has 3 aromatic rings. The third-order valence-electron chi connectivity index (χ3n) is 3.47. The monoisotopic (exact) mass is 279 g/mol. The first kappa shape index (κ1) is 13.4. The lowest BCUT2D eigenvalue weighted by Gasteiger charge is -2.09. The van der Waals surface area contributed by atoms with E-state index in [4.69, 9.17) is 0 Å². The van der Waals surface area contributed by atoms with E-state index in [1.807, 2.05) is 25.1 Å². The van der Waals surface area contributed by atoms with Gasteiger partial charge in [-0.3, -0.25) is 4.79 Å². The van der Waals surface area contributed by atoms with Crippen molar-refractivity contribution >= 4 is 16.6 Å². The van der Waals surface area contributed by atoms with Crippen molar-refractivity contribution in [3.8, 4) is 0 Å². The Hall–Kier alpha value is -2.62. The standard InChI is InChI=1S/C17H17N3O/c1-2-15-19-16(10-17(21)20-15)18-11-13-8-5-7-12-6-3-4-9-14(12)13/h3-10H,2,11H2,1H3,(H2,18,19,20,21). The highest BCUT2D eigenvalue weighted by Gasteiger charge is 2.02. The Labute approximate surface area is 122 Å². The molecule has 0 amide bonds. The molecule has 0 aliphatic carbocycles. The molecule has 1 aromatic heterocycles. The molecule has 0 fully saturated rings. The minimum absolute atomic E-state index is 0.123. The summed E-state index contributed by atoms with van der Waals surface area (Å²) in [5.41, 5.74) is 1.07. The Morgan fingerprint density at radius 3 is 2.81 bits per heavy atom. The molecular weight excluding hydrogens is 262 g/mol. The quantitative estimate of drug-likeness (QED) is 0.771. The van der Waals surface area contributed by atoms with Gasteiger partial charge >= 0.3 is 0 Å². The van der Waals surface area contributed by atoms with Crippen LogP contribution in [0.2, 0.25) is 0 Å². The molecule has 21 heavy (non-hydrogen) atoms. The van der Waals surface area contributed by atoms with Crippen LogP contribution in [-0.4, -0.2) is 9.97 Å². The molecule has 4 heteroatoms. The number of fused-ring (bicyclic) bond motifs is 1. The van der Waals surface area contributed by atoms with Crippen LogP contribution in [-0.2, 0) is 13.0 Å². The zero-order valence-corrected chi connectivity index (χ0v) is 11.9. The molecule has 106 valence electrons. The topological polar surface area (TPSA) is 57.8 Å². The summed E-state index contributed by atoms with van der Waals surface area (Å²) in [4.78, 5) is 18.7. The maximum atomic E-state index is 11.6. The van der Waals surface area contributed by atoms with Gasteiger partial charge in [0.15, 0.2) is 0 Å². The molecule has 0 saturated carbocycles. The van der Waals surface area contributed by atoms with Gasteiger partial charge in [0.2, 0.25) is 0 Å². The summed E-state index contributed by atoms with van der Waals surface area (Å²) >= 11 is 0. The first-order valence-corrected chi connectivity index (χ1v) is 7.07. The van der Waals surface area contributed by atoms with Crippen molar-refractivity contribution in [3.05, 3.63) is 70.3 Å². The number of anilines is 1. The van der Waals surface area contributed by atoms with Crippen molar-refractivity contribution < 1.29 is 0 Å². The number of nitrogens with zero attached hydrogens (tertiary/aromatic N) is 1. The van der Waals surface area contributed by atoms with E-state index in [9.17, 15) is 4.79 Å². The summed E-state index contributed by atoms with van der Waals surface area (Å²) in [6.45, 7) is 2.60. The van der Waals surface area contributed by atoms with Crippen molar-refractivity contribution in [2.75, 3.05) is 5.32 Å². The fourth-order valence-corrected chi connectivity index (χ4v) is 2.40. The fourth-order valence-electron chi connectivity index (χ4n) is 2.40. The SMILES string of the molecule is CCc1nc(NCc2cccc3ccccc23)cc(=O)[nH]1. The Kier molecular flexibility index (Phi) is 3.69. The molecule has 0 spiro atoms. The molecule has 2 aromatic carbocycles. The van der Waals surface area contributed by atoms with E-state index in [0.717, 1.165) is 0 Å². The predicted octanol–water partition coefficient (Wildman–Crippen LogP) is 3.10. The zero-order chi connectivity index (χ0) is 14.7. The number of nitrogens with one attached hydrogen (secondary N) is 2. The number of aryl methyl sites for hydroxylation is 1. The summed E-state index contributed by atoms with van der Waals surface area (Å²) in [6.07, 6.45) is 0.707. The summed E-state index contributed by atoms with van der Waals surface area (Å²) in [5.74, 6) is 1.31. The van der Waals surface area contributed by atoms with E-state index in [0.29, 0.717) is 24.6 Å². The first-order chi connectivity index (χ1) is 10.3. The number of hydrogen-bond acceptors (Lipinski definition) is 3. The molecule has 0 unspecified atom stereocenters. The molecular formula is C17H17N3O. The Balaban J connectivity index is 1.87. The van der Waals surface area contributed by atoms with E-state index < -0.39 is 0 Å². The number of aromatic amines is 1. The number of rotatable bonds is 4. The molecule has 4 nitrogen and oxygen atoms in total. The van der Waals surface area contributed by atoms with Gasteiger partial charge in [0.05, 0.1) is 0 Å². The lowest BCUT2D eigenvalue weighted by Crippen LogP contribution is -2.13. The largest absolute Gasteiger partial charge is 0.366 e. The van der Waals surface area contributed by atoms with Crippen LogP contribution in [0.4, 0.5) is 5.82 Å². The Morgan fingerprint density at radius 2 is 1.95 bits per heavy atom. The molecule has 0 atom stereocenters. The van der Waals surface area contributed by atoms with Gasteiger partial charge in [-0.05, 0) is 16.3 Å². The number of aromatic nitrogens is 2. The minimum Gasteiger partial charge on any atom is -0.366 e. The van der Waals surface area contributed by atoms with Crippen molar-refractivity contribution in [1.82, 2.24) is 9.97 Å². The van der Waals surface area contributed by atoms with Crippen molar-refractivity contribution in [2.45, 2.75) is 19.9 Å². The minimum atomic E-state index is -0.123. The van der Waals surface area contributed by atoms with E-state index in [-0.39, 0.29) is 5.56 Å². The van der Waals surface area contributed by atoms with Gasteiger partial charge in [-0.25, -0.2) is 4.98 Å². The summed E-state index contributed by atoms with van der Waals surface area (Å²) in [7, 11) is 0. The number of hydrogen-bond donors (Lipinski definition) is 2. The second-order valence-electron chi connectivity index (χ2n) is 4.92. The Bertz CT molecular complexity index is 818. The normalized spacial score (nSPS) is 10.7. The van der Waals surface area contributed by atoms with Crippen LogP contribution in [0.5, 0.6) is 0 Å². The predicted molar refractivity (Wildman–Crippen MR) is 85.5 cm³/mol. The van der Waals surface area contributed by atoms with Crippen LogP contribution in [0.3, 0.4) is 0 Å². The van der Waals surface area contributed by atoms with Gasteiger partial charge in [-0.1, -0.05) is 49.4 Å². The zero-order valence-electron chi connectivity index (χ0n) is 11.9. The second kappa shape index (κ2) is 5.79. The molecule has 0 aliphatic heterocycles. The number of benzene rings is 2. The highest BCUT2D eigenvalue weighted by molar-refractivity contribution is 5.85. The molecule has 0 saturated heterocycles.